The van der Waals surface area contributed by atoms with Gasteiger partial charge in [0.05, 0.1) is 26.7 Å². The van der Waals surface area contributed by atoms with Gasteiger partial charge < -0.3 is 20.1 Å². The number of ether oxygens (including phenoxy) is 2. The summed E-state index contributed by atoms with van der Waals surface area (Å²) in [6.07, 6.45) is 3.41. The Bertz CT molecular complexity index is 660. The number of nitrogens with zero attached hydrogens (tertiary/aromatic N) is 1. The quantitative estimate of drug-likeness (QED) is 0.759. The Morgan fingerprint density at radius 3 is 2.77 bits per heavy atom. The summed E-state index contributed by atoms with van der Waals surface area (Å²) in [5.74, 6) is 1.17. The molecule has 1 saturated heterocycles. The van der Waals surface area contributed by atoms with Crippen molar-refractivity contribution in [2.75, 3.05) is 27.3 Å². The molecule has 26 heavy (non-hydrogen) atoms. The van der Waals surface area contributed by atoms with Crippen molar-refractivity contribution in [3.63, 3.8) is 0 Å². The molecule has 3 rings (SSSR count). The van der Waals surface area contributed by atoms with Crippen molar-refractivity contribution in [1.29, 1.82) is 0 Å². The third-order valence-corrected chi connectivity index (χ3v) is 5.15. The first kappa shape index (κ1) is 18.5. The largest absolute Gasteiger partial charge is 0.493 e. The first-order valence-electron chi connectivity index (χ1n) is 9.13. The average molecular weight is 361 g/mol. The second-order valence-corrected chi connectivity index (χ2v) is 6.83. The third kappa shape index (κ3) is 4.09. The fourth-order valence-electron chi connectivity index (χ4n) is 3.49. The van der Waals surface area contributed by atoms with Crippen LogP contribution in [0.2, 0.25) is 0 Å². The molecule has 142 valence electrons. The minimum atomic E-state index is -0.472. The van der Waals surface area contributed by atoms with Crippen LogP contribution in [0.3, 0.4) is 0 Å². The first-order chi connectivity index (χ1) is 12.6. The summed E-state index contributed by atoms with van der Waals surface area (Å²) in [5.41, 5.74) is 0.936. The van der Waals surface area contributed by atoms with Crippen LogP contribution in [0.15, 0.2) is 18.2 Å². The molecule has 0 radical (unpaired) electrons. The number of carbonyl (C=O) groups excluding carboxylic acids is 2. The molecule has 1 aliphatic heterocycles. The molecule has 1 saturated carbocycles. The second-order valence-electron chi connectivity index (χ2n) is 6.83. The van der Waals surface area contributed by atoms with E-state index in [2.05, 4.69) is 10.6 Å². The predicted octanol–water partition coefficient (Wildman–Crippen LogP) is 1.06. The number of rotatable bonds is 7. The van der Waals surface area contributed by atoms with E-state index in [-0.39, 0.29) is 24.3 Å². The molecule has 7 heteroatoms. The number of para-hydroxylation sites is 1. The van der Waals surface area contributed by atoms with Gasteiger partial charge in [0.25, 0.3) is 0 Å². The second kappa shape index (κ2) is 8.40. The summed E-state index contributed by atoms with van der Waals surface area (Å²) in [6, 6.07) is 5.51. The fraction of sp³-hybridized carbons (Fsp3) is 0.579. The topological polar surface area (TPSA) is 79.9 Å². The minimum absolute atomic E-state index is 0.0562. The number of hydrogen-bond donors (Lipinski definition) is 2. The van der Waals surface area contributed by atoms with Crippen LogP contribution in [0.25, 0.3) is 0 Å². The highest BCUT2D eigenvalue weighted by Crippen LogP contribution is 2.32. The Morgan fingerprint density at radius 1 is 1.31 bits per heavy atom. The molecule has 0 unspecified atom stereocenters. The van der Waals surface area contributed by atoms with Crippen molar-refractivity contribution < 1.29 is 19.1 Å². The highest BCUT2D eigenvalue weighted by atomic mass is 16.5. The van der Waals surface area contributed by atoms with E-state index in [0.29, 0.717) is 31.1 Å². The molecule has 0 spiro atoms. The number of methoxy groups -OCH3 is 2. The summed E-state index contributed by atoms with van der Waals surface area (Å²) in [5, 5.41) is 5.89. The summed E-state index contributed by atoms with van der Waals surface area (Å²) in [6.45, 7) is 1.79. The van der Waals surface area contributed by atoms with Crippen molar-refractivity contribution in [2.24, 2.45) is 0 Å². The smallest absolute Gasteiger partial charge is 0.237 e. The van der Waals surface area contributed by atoms with Crippen molar-refractivity contribution in [2.45, 2.75) is 44.3 Å². The molecule has 1 aromatic carbocycles. The van der Waals surface area contributed by atoms with Crippen LogP contribution in [0.5, 0.6) is 11.5 Å². The Labute approximate surface area is 154 Å². The zero-order valence-electron chi connectivity index (χ0n) is 15.4. The van der Waals surface area contributed by atoms with E-state index in [1.165, 1.54) is 0 Å². The van der Waals surface area contributed by atoms with Crippen LogP contribution in [0.1, 0.15) is 31.2 Å². The highest BCUT2D eigenvalue weighted by molar-refractivity contribution is 5.89. The number of carbonyl (C=O) groups is 2. The molecule has 2 aliphatic rings. The molecule has 0 aromatic heterocycles. The molecule has 2 N–H and O–H groups in total. The monoisotopic (exact) mass is 361 g/mol. The molecule has 2 fully saturated rings. The molecule has 2 amide bonds. The number of hydrogen-bond acceptors (Lipinski definition) is 5. The first-order valence-corrected chi connectivity index (χ1v) is 9.13. The molecule has 1 aliphatic carbocycles. The van der Waals surface area contributed by atoms with E-state index in [0.717, 1.165) is 24.8 Å². The Kier molecular flexibility index (Phi) is 5.98. The lowest BCUT2D eigenvalue weighted by atomic mass is 9.93. The normalized spacial score (nSPS) is 20.8. The molecule has 1 heterocycles. The summed E-state index contributed by atoms with van der Waals surface area (Å²) in [4.78, 5) is 26.7. The standard InChI is InChI=1S/C19H27N3O4/c1-25-16-8-3-5-13(18(16)26-2)12-22-10-9-20-19(24)15(22)11-17(23)21-14-6-4-7-14/h3,5,8,14-15H,4,6-7,9-12H2,1-2H3,(H,20,24)(H,21,23)/t15-/m0/s1. The lowest BCUT2D eigenvalue weighted by Gasteiger charge is -2.35. The van der Waals surface area contributed by atoms with Gasteiger partial charge in [-0.25, -0.2) is 0 Å². The van der Waals surface area contributed by atoms with Gasteiger partial charge in [-0.2, -0.15) is 0 Å². The predicted molar refractivity (Wildman–Crippen MR) is 97.2 cm³/mol. The lowest BCUT2D eigenvalue weighted by molar-refractivity contribution is -0.134. The van der Waals surface area contributed by atoms with Crippen molar-refractivity contribution in [3.05, 3.63) is 23.8 Å². The SMILES string of the molecule is COc1cccc(CN2CCNC(=O)[C@@H]2CC(=O)NC2CCC2)c1OC. The van der Waals surface area contributed by atoms with Gasteiger partial charge in [-0.15, -0.1) is 0 Å². The van der Waals surface area contributed by atoms with Gasteiger partial charge in [0.1, 0.15) is 0 Å². The van der Waals surface area contributed by atoms with Gasteiger partial charge in [0.2, 0.25) is 11.8 Å². The van der Waals surface area contributed by atoms with Gasteiger partial charge in [0, 0.05) is 31.2 Å². The van der Waals surface area contributed by atoms with Crippen LogP contribution in [0, 0.1) is 0 Å². The Morgan fingerprint density at radius 2 is 2.12 bits per heavy atom. The van der Waals surface area contributed by atoms with Crippen molar-refractivity contribution >= 4 is 11.8 Å². The molecule has 7 nitrogen and oxygen atoms in total. The summed E-state index contributed by atoms with van der Waals surface area (Å²) in [7, 11) is 3.21. The average Bonchev–Trinajstić information content (AvgIpc) is 2.61. The summed E-state index contributed by atoms with van der Waals surface area (Å²) >= 11 is 0. The van der Waals surface area contributed by atoms with Crippen LogP contribution >= 0.6 is 0 Å². The zero-order chi connectivity index (χ0) is 18.5. The number of amides is 2. The van der Waals surface area contributed by atoms with E-state index in [1.807, 2.05) is 23.1 Å². The van der Waals surface area contributed by atoms with Crippen molar-refractivity contribution in [1.82, 2.24) is 15.5 Å². The van der Waals surface area contributed by atoms with E-state index >= 15 is 0 Å². The van der Waals surface area contributed by atoms with Crippen LogP contribution in [-0.2, 0) is 16.1 Å². The third-order valence-electron chi connectivity index (χ3n) is 5.15. The van der Waals surface area contributed by atoms with Crippen LogP contribution < -0.4 is 20.1 Å². The van der Waals surface area contributed by atoms with E-state index in [4.69, 9.17) is 9.47 Å². The number of piperazine rings is 1. The van der Waals surface area contributed by atoms with Crippen LogP contribution in [-0.4, -0.2) is 56.1 Å². The van der Waals surface area contributed by atoms with E-state index in [9.17, 15) is 9.59 Å². The lowest BCUT2D eigenvalue weighted by Crippen LogP contribution is -2.56. The van der Waals surface area contributed by atoms with E-state index in [1.54, 1.807) is 14.2 Å². The van der Waals surface area contributed by atoms with Gasteiger partial charge in [-0.3, -0.25) is 14.5 Å². The maximum absolute atomic E-state index is 12.4. The number of benzene rings is 1. The zero-order valence-corrected chi connectivity index (χ0v) is 15.4. The number of nitrogens with one attached hydrogen (secondary N) is 2. The minimum Gasteiger partial charge on any atom is -0.493 e. The molecule has 1 aromatic rings. The van der Waals surface area contributed by atoms with Gasteiger partial charge in [-0.05, 0) is 25.3 Å². The molecule has 0 bridgehead atoms. The van der Waals surface area contributed by atoms with E-state index < -0.39 is 6.04 Å². The van der Waals surface area contributed by atoms with Gasteiger partial charge >= 0.3 is 0 Å². The fourth-order valence-corrected chi connectivity index (χ4v) is 3.49. The maximum atomic E-state index is 12.4. The Hall–Kier alpha value is -2.28. The van der Waals surface area contributed by atoms with Crippen LogP contribution in [0.4, 0.5) is 0 Å². The molecular formula is C19H27N3O4. The van der Waals surface area contributed by atoms with Gasteiger partial charge in [-0.1, -0.05) is 12.1 Å². The highest BCUT2D eigenvalue weighted by Gasteiger charge is 2.33. The molecular weight excluding hydrogens is 334 g/mol. The van der Waals surface area contributed by atoms with Gasteiger partial charge in [0.15, 0.2) is 11.5 Å². The maximum Gasteiger partial charge on any atom is 0.237 e. The van der Waals surface area contributed by atoms with Crippen molar-refractivity contribution in [3.8, 4) is 11.5 Å². The summed E-state index contributed by atoms with van der Waals surface area (Å²) < 4.78 is 10.8. The Balaban J connectivity index is 1.71. The molecule has 1 atom stereocenters.